The van der Waals surface area contributed by atoms with Crippen LogP contribution in [0.3, 0.4) is 0 Å². The van der Waals surface area contributed by atoms with Crippen LogP contribution in [0.5, 0.6) is 0 Å². The summed E-state index contributed by atoms with van der Waals surface area (Å²) in [5, 5.41) is 0. The van der Waals surface area contributed by atoms with Crippen molar-refractivity contribution in [2.45, 2.75) is 46.0 Å². The number of unbranched alkanes of at least 4 members (excludes halogenated alkanes) is 1. The zero-order valence-corrected chi connectivity index (χ0v) is 11.1. The number of carbonyl (C=O) groups is 2. The third-order valence-electron chi connectivity index (χ3n) is 3.47. The van der Waals surface area contributed by atoms with Crippen LogP contribution in [0.4, 0.5) is 0 Å². The molecule has 2 heteroatoms. The summed E-state index contributed by atoms with van der Waals surface area (Å²) in [5.74, 6) is 0.412. The summed E-state index contributed by atoms with van der Waals surface area (Å²) < 4.78 is 0. The first-order chi connectivity index (χ1) is 8.70. The first kappa shape index (κ1) is 13.0. The summed E-state index contributed by atoms with van der Waals surface area (Å²) in [6.07, 6.45) is 4.47. The van der Waals surface area contributed by atoms with E-state index in [2.05, 4.69) is 6.92 Å². The number of hydrogen-bond acceptors (Lipinski definition) is 2. The summed E-state index contributed by atoms with van der Waals surface area (Å²) in [6, 6.07) is 5.66. The summed E-state index contributed by atoms with van der Waals surface area (Å²) in [7, 11) is 0. The molecule has 0 fully saturated rings. The van der Waals surface area contributed by atoms with Crippen molar-refractivity contribution in [3.8, 4) is 0 Å². The Morgan fingerprint density at radius 2 is 1.72 bits per heavy atom. The average molecular weight is 243 g/mol. The number of fused-ring (bicyclic) bond motifs is 1. The molecular formula is C16H19O2. The van der Waals surface area contributed by atoms with Crippen LogP contribution in [0.1, 0.15) is 65.8 Å². The SMILES string of the molecule is CCCCc1cccc2c1C(=O)[C](CCC)C2=O. The molecule has 1 aliphatic carbocycles. The smallest absolute Gasteiger partial charge is 0.179 e. The van der Waals surface area contributed by atoms with Gasteiger partial charge in [-0.05, 0) is 24.8 Å². The van der Waals surface area contributed by atoms with Gasteiger partial charge in [0.25, 0.3) is 0 Å². The van der Waals surface area contributed by atoms with E-state index in [-0.39, 0.29) is 11.6 Å². The monoisotopic (exact) mass is 243 g/mol. The van der Waals surface area contributed by atoms with Crippen LogP contribution < -0.4 is 0 Å². The van der Waals surface area contributed by atoms with Crippen molar-refractivity contribution in [1.82, 2.24) is 0 Å². The van der Waals surface area contributed by atoms with Crippen molar-refractivity contribution in [1.29, 1.82) is 0 Å². The fourth-order valence-corrected chi connectivity index (χ4v) is 2.53. The lowest BCUT2D eigenvalue weighted by atomic mass is 9.96. The van der Waals surface area contributed by atoms with Gasteiger partial charge in [0.05, 0.1) is 0 Å². The fraction of sp³-hybridized carbons (Fsp3) is 0.438. The molecule has 0 aliphatic heterocycles. The number of ketones is 2. The van der Waals surface area contributed by atoms with E-state index < -0.39 is 0 Å². The van der Waals surface area contributed by atoms with Crippen LogP contribution in [0.2, 0.25) is 0 Å². The van der Waals surface area contributed by atoms with Crippen LogP contribution in [-0.2, 0) is 6.42 Å². The molecular weight excluding hydrogens is 224 g/mol. The number of Topliss-reactive ketones (excluding diaryl/α,β-unsaturated/α-hetero) is 2. The molecule has 2 rings (SSSR count). The standard InChI is InChI=1S/C16H19O2/c1-3-5-8-11-9-6-10-12-14(11)16(18)13(7-4-2)15(12)17/h6,9-10H,3-5,7-8H2,1-2H3. The Morgan fingerprint density at radius 1 is 0.944 bits per heavy atom. The highest BCUT2D eigenvalue weighted by Gasteiger charge is 2.39. The minimum Gasteiger partial charge on any atom is -0.293 e. The number of aryl methyl sites for hydroxylation is 1. The average Bonchev–Trinajstić information content (AvgIpc) is 2.63. The molecule has 0 saturated carbocycles. The highest BCUT2D eigenvalue weighted by atomic mass is 16.2. The Bertz CT molecular complexity index is 474. The molecule has 0 amide bonds. The van der Waals surface area contributed by atoms with Gasteiger partial charge in [-0.3, -0.25) is 9.59 Å². The summed E-state index contributed by atoms with van der Waals surface area (Å²) in [5.41, 5.74) is 2.34. The Hall–Kier alpha value is -1.44. The second kappa shape index (κ2) is 5.47. The quantitative estimate of drug-likeness (QED) is 0.788. The Kier molecular flexibility index (Phi) is 3.95. The molecule has 1 aromatic carbocycles. The Morgan fingerprint density at radius 3 is 2.39 bits per heavy atom. The molecule has 0 unspecified atom stereocenters. The van der Waals surface area contributed by atoms with Crippen LogP contribution in [-0.4, -0.2) is 11.6 Å². The van der Waals surface area contributed by atoms with Gasteiger partial charge < -0.3 is 0 Å². The molecule has 1 aromatic rings. The van der Waals surface area contributed by atoms with Gasteiger partial charge in [-0.2, -0.15) is 0 Å². The van der Waals surface area contributed by atoms with E-state index in [1.807, 2.05) is 19.1 Å². The molecule has 1 radical (unpaired) electrons. The van der Waals surface area contributed by atoms with E-state index in [0.717, 1.165) is 31.2 Å². The van der Waals surface area contributed by atoms with Crippen molar-refractivity contribution >= 4 is 11.6 Å². The van der Waals surface area contributed by atoms with Crippen LogP contribution in [0, 0.1) is 5.92 Å². The topological polar surface area (TPSA) is 34.1 Å². The summed E-state index contributed by atoms with van der Waals surface area (Å²) >= 11 is 0. The van der Waals surface area contributed by atoms with Gasteiger partial charge in [0.2, 0.25) is 0 Å². The first-order valence-corrected chi connectivity index (χ1v) is 6.77. The largest absolute Gasteiger partial charge is 0.293 e. The summed E-state index contributed by atoms with van der Waals surface area (Å²) in [4.78, 5) is 24.5. The third-order valence-corrected chi connectivity index (χ3v) is 3.47. The molecule has 0 spiro atoms. The molecule has 0 heterocycles. The van der Waals surface area contributed by atoms with E-state index in [0.29, 0.717) is 23.5 Å². The fourth-order valence-electron chi connectivity index (χ4n) is 2.53. The van der Waals surface area contributed by atoms with Crippen molar-refractivity contribution < 1.29 is 9.59 Å². The molecule has 1 aliphatic rings. The Balaban J connectivity index is 2.38. The maximum atomic E-state index is 12.3. The normalized spacial score (nSPS) is 15.2. The molecule has 0 N–H and O–H groups in total. The van der Waals surface area contributed by atoms with E-state index >= 15 is 0 Å². The molecule has 0 saturated heterocycles. The van der Waals surface area contributed by atoms with Crippen molar-refractivity contribution in [3.63, 3.8) is 0 Å². The third kappa shape index (κ3) is 2.12. The minimum atomic E-state index is -0.0461. The maximum absolute atomic E-state index is 12.3. The maximum Gasteiger partial charge on any atom is 0.179 e. The molecule has 0 bridgehead atoms. The lowest BCUT2D eigenvalue weighted by Gasteiger charge is -2.06. The first-order valence-electron chi connectivity index (χ1n) is 6.77. The zero-order valence-electron chi connectivity index (χ0n) is 11.1. The molecule has 18 heavy (non-hydrogen) atoms. The van der Waals surface area contributed by atoms with Crippen molar-refractivity contribution in [2.75, 3.05) is 0 Å². The van der Waals surface area contributed by atoms with Gasteiger partial charge >= 0.3 is 0 Å². The van der Waals surface area contributed by atoms with Crippen molar-refractivity contribution in [3.05, 3.63) is 40.8 Å². The molecule has 95 valence electrons. The predicted molar refractivity (Wildman–Crippen MR) is 71.9 cm³/mol. The van der Waals surface area contributed by atoms with E-state index in [9.17, 15) is 9.59 Å². The van der Waals surface area contributed by atoms with Crippen molar-refractivity contribution in [2.24, 2.45) is 0 Å². The molecule has 0 aromatic heterocycles. The minimum absolute atomic E-state index is 0.0245. The lowest BCUT2D eigenvalue weighted by Crippen LogP contribution is -2.12. The van der Waals surface area contributed by atoms with E-state index in [1.54, 1.807) is 6.07 Å². The lowest BCUT2D eigenvalue weighted by molar-refractivity contribution is 0.0943. The Labute approximate surface area is 108 Å². The van der Waals surface area contributed by atoms with E-state index in [4.69, 9.17) is 0 Å². The second-order valence-electron chi connectivity index (χ2n) is 4.83. The second-order valence-corrected chi connectivity index (χ2v) is 4.83. The molecule has 0 atom stereocenters. The molecule has 2 nitrogen and oxygen atoms in total. The van der Waals surface area contributed by atoms with Gasteiger partial charge in [-0.15, -0.1) is 0 Å². The highest BCUT2D eigenvalue weighted by molar-refractivity contribution is 6.36. The predicted octanol–water partition coefficient (Wildman–Crippen LogP) is 3.78. The number of hydrogen-bond donors (Lipinski definition) is 0. The van der Waals surface area contributed by atoms with Gasteiger partial charge in [-0.25, -0.2) is 0 Å². The number of carbonyl (C=O) groups excluding carboxylic acids is 2. The zero-order chi connectivity index (χ0) is 13.1. The van der Waals surface area contributed by atoms with Gasteiger partial charge in [-0.1, -0.05) is 44.9 Å². The van der Waals surface area contributed by atoms with Crippen LogP contribution >= 0.6 is 0 Å². The van der Waals surface area contributed by atoms with Crippen LogP contribution in [0.25, 0.3) is 0 Å². The highest BCUT2D eigenvalue weighted by Crippen LogP contribution is 2.33. The van der Waals surface area contributed by atoms with E-state index in [1.165, 1.54) is 0 Å². The van der Waals surface area contributed by atoms with Gasteiger partial charge in [0, 0.05) is 11.1 Å². The van der Waals surface area contributed by atoms with Gasteiger partial charge in [0.1, 0.15) is 5.92 Å². The number of benzene rings is 1. The number of rotatable bonds is 5. The van der Waals surface area contributed by atoms with Crippen LogP contribution in [0.15, 0.2) is 18.2 Å². The van der Waals surface area contributed by atoms with Gasteiger partial charge in [0.15, 0.2) is 11.6 Å². The summed E-state index contributed by atoms with van der Waals surface area (Å²) in [6.45, 7) is 4.12.